The average molecular weight is 277 g/mol. The molecule has 0 radical (unpaired) electrons. The van der Waals surface area contributed by atoms with Crippen LogP contribution in [0.5, 0.6) is 5.75 Å². The first-order chi connectivity index (χ1) is 9.79. The maximum Gasteiger partial charge on any atom is 0.119 e. The number of benzene rings is 1. The van der Waals surface area contributed by atoms with E-state index >= 15 is 0 Å². The third-order valence-corrected chi connectivity index (χ3v) is 3.97. The Morgan fingerprint density at radius 3 is 2.65 bits per heavy atom. The lowest BCUT2D eigenvalue weighted by atomic mass is 10.1. The summed E-state index contributed by atoms with van der Waals surface area (Å²) in [5.41, 5.74) is 0.964. The highest BCUT2D eigenvalue weighted by Gasteiger charge is 2.13. The predicted molar refractivity (Wildman–Crippen MR) is 82.1 cm³/mol. The molecule has 0 amide bonds. The van der Waals surface area contributed by atoms with Crippen LogP contribution in [0.25, 0.3) is 0 Å². The Bertz CT molecular complexity index is 386. The summed E-state index contributed by atoms with van der Waals surface area (Å²) in [7, 11) is 0. The van der Waals surface area contributed by atoms with E-state index in [4.69, 9.17) is 4.74 Å². The van der Waals surface area contributed by atoms with Crippen LogP contribution in [0.15, 0.2) is 24.3 Å². The van der Waals surface area contributed by atoms with E-state index in [-0.39, 0.29) is 0 Å². The fourth-order valence-corrected chi connectivity index (χ4v) is 2.81. The summed E-state index contributed by atoms with van der Waals surface area (Å²) in [6.45, 7) is 5.99. The molecule has 1 aliphatic heterocycles. The van der Waals surface area contributed by atoms with Gasteiger partial charge in [0.25, 0.3) is 0 Å². The van der Waals surface area contributed by atoms with Crippen molar-refractivity contribution in [3.63, 3.8) is 0 Å². The van der Waals surface area contributed by atoms with Crippen molar-refractivity contribution in [2.75, 3.05) is 26.2 Å². The van der Waals surface area contributed by atoms with Crippen molar-refractivity contribution in [1.82, 2.24) is 4.90 Å². The molecule has 1 atom stereocenters. The largest absolute Gasteiger partial charge is 0.494 e. The molecule has 0 aliphatic carbocycles. The Kier molecular flexibility index (Phi) is 6.34. The number of ether oxygens (including phenoxy) is 1. The van der Waals surface area contributed by atoms with E-state index in [9.17, 15) is 5.11 Å². The van der Waals surface area contributed by atoms with E-state index < -0.39 is 6.10 Å². The maximum atomic E-state index is 10.3. The van der Waals surface area contributed by atoms with Crippen LogP contribution in [0.1, 0.15) is 50.7 Å². The van der Waals surface area contributed by atoms with E-state index in [2.05, 4.69) is 4.90 Å². The zero-order valence-corrected chi connectivity index (χ0v) is 12.6. The van der Waals surface area contributed by atoms with Crippen molar-refractivity contribution < 1.29 is 9.84 Å². The van der Waals surface area contributed by atoms with Gasteiger partial charge in [-0.3, -0.25) is 0 Å². The highest BCUT2D eigenvalue weighted by atomic mass is 16.5. The van der Waals surface area contributed by atoms with E-state index in [0.717, 1.165) is 24.3 Å². The van der Waals surface area contributed by atoms with Crippen molar-refractivity contribution in [1.29, 1.82) is 0 Å². The van der Waals surface area contributed by atoms with E-state index in [0.29, 0.717) is 6.61 Å². The fraction of sp³-hybridized carbons (Fsp3) is 0.647. The van der Waals surface area contributed by atoms with Crippen molar-refractivity contribution in [2.24, 2.45) is 0 Å². The number of likely N-dealkylation sites (tertiary alicyclic amines) is 1. The second-order valence-electron chi connectivity index (χ2n) is 5.57. The molecule has 1 aliphatic rings. The van der Waals surface area contributed by atoms with Gasteiger partial charge in [-0.1, -0.05) is 25.0 Å². The lowest BCUT2D eigenvalue weighted by Gasteiger charge is -2.21. The Labute approximate surface area is 122 Å². The lowest BCUT2D eigenvalue weighted by Crippen LogP contribution is -2.26. The minimum Gasteiger partial charge on any atom is -0.494 e. The molecular formula is C17H27NO2. The van der Waals surface area contributed by atoms with Crippen LogP contribution in [0.3, 0.4) is 0 Å². The number of rotatable bonds is 6. The van der Waals surface area contributed by atoms with Crippen LogP contribution in [0.2, 0.25) is 0 Å². The number of hydrogen-bond donors (Lipinski definition) is 1. The second kappa shape index (κ2) is 8.28. The van der Waals surface area contributed by atoms with Crippen LogP contribution in [0.4, 0.5) is 0 Å². The zero-order chi connectivity index (χ0) is 14.2. The Morgan fingerprint density at radius 1 is 1.20 bits per heavy atom. The van der Waals surface area contributed by atoms with Gasteiger partial charge in [-0.15, -0.1) is 0 Å². The molecule has 20 heavy (non-hydrogen) atoms. The summed E-state index contributed by atoms with van der Waals surface area (Å²) in [5, 5.41) is 10.3. The Hall–Kier alpha value is -1.06. The zero-order valence-electron chi connectivity index (χ0n) is 12.6. The molecule has 3 heteroatoms. The first-order valence-corrected chi connectivity index (χ1v) is 7.93. The summed E-state index contributed by atoms with van der Waals surface area (Å²) in [5.74, 6) is 0.846. The van der Waals surface area contributed by atoms with Gasteiger partial charge in [0.05, 0.1) is 12.7 Å². The summed E-state index contributed by atoms with van der Waals surface area (Å²) in [6.07, 6.45) is 5.73. The summed E-state index contributed by atoms with van der Waals surface area (Å²) in [4.78, 5) is 2.49. The third kappa shape index (κ3) is 4.80. The molecule has 1 heterocycles. The van der Waals surface area contributed by atoms with Gasteiger partial charge in [-0.05, 0) is 57.0 Å². The molecule has 1 fully saturated rings. The molecule has 112 valence electrons. The molecule has 1 aromatic carbocycles. The molecular weight excluding hydrogens is 250 g/mol. The Morgan fingerprint density at radius 2 is 1.95 bits per heavy atom. The van der Waals surface area contributed by atoms with Crippen molar-refractivity contribution in [3.05, 3.63) is 29.8 Å². The number of nitrogens with zero attached hydrogens (tertiary/aromatic N) is 1. The number of aliphatic hydroxyl groups is 1. The lowest BCUT2D eigenvalue weighted by molar-refractivity contribution is 0.142. The predicted octanol–water partition coefficient (Wildman–Crippen LogP) is 3.38. The quantitative estimate of drug-likeness (QED) is 0.865. The first-order valence-electron chi connectivity index (χ1n) is 7.93. The smallest absolute Gasteiger partial charge is 0.119 e. The van der Waals surface area contributed by atoms with Crippen molar-refractivity contribution in [3.8, 4) is 5.75 Å². The molecule has 0 spiro atoms. The van der Waals surface area contributed by atoms with Gasteiger partial charge in [0.15, 0.2) is 0 Å². The Balaban J connectivity index is 1.84. The second-order valence-corrected chi connectivity index (χ2v) is 5.57. The molecule has 1 saturated heterocycles. The summed E-state index contributed by atoms with van der Waals surface area (Å²) in [6, 6.07) is 7.83. The SMILES string of the molecule is CCOc1cccc(C(O)CCN2CCCCCC2)c1. The molecule has 1 unspecified atom stereocenters. The minimum atomic E-state index is -0.390. The van der Waals surface area contributed by atoms with Crippen LogP contribution < -0.4 is 4.74 Å². The van der Waals surface area contributed by atoms with Crippen LogP contribution in [0, 0.1) is 0 Å². The summed E-state index contributed by atoms with van der Waals surface area (Å²) >= 11 is 0. The molecule has 0 saturated carbocycles. The molecule has 3 nitrogen and oxygen atoms in total. The summed E-state index contributed by atoms with van der Waals surface area (Å²) < 4.78 is 5.49. The average Bonchev–Trinajstić information content (AvgIpc) is 2.74. The number of aliphatic hydroxyl groups excluding tert-OH is 1. The third-order valence-electron chi connectivity index (χ3n) is 3.97. The van der Waals surface area contributed by atoms with Gasteiger partial charge >= 0.3 is 0 Å². The van der Waals surface area contributed by atoms with Gasteiger partial charge in [0.1, 0.15) is 5.75 Å². The minimum absolute atomic E-state index is 0.390. The van der Waals surface area contributed by atoms with E-state index in [1.165, 1.54) is 38.8 Å². The molecule has 2 rings (SSSR count). The molecule has 0 bridgehead atoms. The molecule has 1 aromatic rings. The molecule has 0 aromatic heterocycles. The molecule has 1 N–H and O–H groups in total. The van der Waals surface area contributed by atoms with Gasteiger partial charge in [0.2, 0.25) is 0 Å². The van der Waals surface area contributed by atoms with Crippen molar-refractivity contribution >= 4 is 0 Å². The standard InChI is InChI=1S/C17H27NO2/c1-2-20-16-9-7-8-15(14-16)17(19)10-13-18-11-5-3-4-6-12-18/h7-9,14,17,19H,2-6,10-13H2,1H3. The highest BCUT2D eigenvalue weighted by molar-refractivity contribution is 5.29. The van der Waals surface area contributed by atoms with Crippen molar-refractivity contribution in [2.45, 2.75) is 45.1 Å². The highest BCUT2D eigenvalue weighted by Crippen LogP contribution is 2.22. The fourth-order valence-electron chi connectivity index (χ4n) is 2.81. The van der Waals surface area contributed by atoms with E-state index in [1.54, 1.807) is 0 Å². The van der Waals surface area contributed by atoms with Crippen LogP contribution in [-0.2, 0) is 0 Å². The van der Waals surface area contributed by atoms with Gasteiger partial charge < -0.3 is 14.7 Å². The topological polar surface area (TPSA) is 32.7 Å². The van der Waals surface area contributed by atoms with Gasteiger partial charge in [0, 0.05) is 6.54 Å². The van der Waals surface area contributed by atoms with Gasteiger partial charge in [-0.25, -0.2) is 0 Å². The van der Waals surface area contributed by atoms with Crippen LogP contribution >= 0.6 is 0 Å². The first kappa shape index (κ1) is 15.3. The van der Waals surface area contributed by atoms with Crippen LogP contribution in [-0.4, -0.2) is 36.2 Å². The maximum absolute atomic E-state index is 10.3. The van der Waals surface area contributed by atoms with Gasteiger partial charge in [-0.2, -0.15) is 0 Å². The number of hydrogen-bond acceptors (Lipinski definition) is 3. The normalized spacial score (nSPS) is 18.5. The van der Waals surface area contributed by atoms with E-state index in [1.807, 2.05) is 31.2 Å². The monoisotopic (exact) mass is 277 g/mol.